The van der Waals surface area contributed by atoms with E-state index in [1.54, 1.807) is 29.2 Å². The van der Waals surface area contributed by atoms with Gasteiger partial charge in [0.25, 0.3) is 0 Å². The number of carbonyl (C=O) groups is 1. The van der Waals surface area contributed by atoms with Gasteiger partial charge in [-0.05, 0) is 32.4 Å². The number of aryl methyl sites for hydroxylation is 3. The van der Waals surface area contributed by atoms with Crippen LogP contribution in [0.15, 0.2) is 21.8 Å². The van der Waals surface area contributed by atoms with E-state index in [2.05, 4.69) is 23.8 Å². The van der Waals surface area contributed by atoms with Gasteiger partial charge in [-0.3, -0.25) is 0 Å². The third-order valence-corrected chi connectivity index (χ3v) is 5.67. The Morgan fingerprint density at radius 3 is 2.87 bits per heavy atom. The highest BCUT2D eigenvalue weighted by atomic mass is 32.2. The number of hydrogen-bond acceptors (Lipinski definition) is 7. The minimum atomic E-state index is -0.388. The smallest absolute Gasteiger partial charge is 0.341 e. The molecular weight excluding hydrogens is 332 g/mol. The van der Waals surface area contributed by atoms with Crippen LogP contribution in [-0.2, 0) is 10.5 Å². The summed E-state index contributed by atoms with van der Waals surface area (Å²) in [6.45, 7) is 6.07. The second-order valence-corrected chi connectivity index (χ2v) is 7.24. The normalized spacial score (nSPS) is 11.1. The molecule has 7 heteroatoms. The third kappa shape index (κ3) is 2.98. The minimum Gasteiger partial charge on any atom is -0.468 e. The summed E-state index contributed by atoms with van der Waals surface area (Å²) < 4.78 is 10.2. The van der Waals surface area contributed by atoms with Gasteiger partial charge < -0.3 is 9.15 Å². The highest BCUT2D eigenvalue weighted by Gasteiger charge is 2.18. The van der Waals surface area contributed by atoms with Crippen molar-refractivity contribution in [2.75, 3.05) is 7.11 Å². The van der Waals surface area contributed by atoms with Crippen LogP contribution in [0.2, 0.25) is 0 Å². The molecule has 0 radical (unpaired) electrons. The van der Waals surface area contributed by atoms with E-state index in [1.807, 2.05) is 6.92 Å². The van der Waals surface area contributed by atoms with E-state index >= 15 is 0 Å². The van der Waals surface area contributed by atoms with Gasteiger partial charge in [-0.15, -0.1) is 11.3 Å². The Morgan fingerprint density at radius 2 is 2.13 bits per heavy atom. The maximum atomic E-state index is 11.7. The molecule has 0 saturated heterocycles. The second-order valence-electron chi connectivity index (χ2n) is 5.08. The number of nitrogens with zero attached hydrogens (tertiary/aromatic N) is 2. The Labute approximate surface area is 142 Å². The van der Waals surface area contributed by atoms with Gasteiger partial charge in [0.15, 0.2) is 0 Å². The standard InChI is InChI=1S/C16H16N2O3S2/c1-8-9(2)23-15-13(8)14(17-10(3)18-15)22-7-12-11(5-6-21-12)16(19)20-4/h5-6H,7H2,1-4H3. The van der Waals surface area contributed by atoms with Crippen LogP contribution in [0.5, 0.6) is 0 Å². The monoisotopic (exact) mass is 348 g/mol. The number of carbonyl (C=O) groups excluding carboxylic acids is 1. The van der Waals surface area contributed by atoms with E-state index in [1.165, 1.54) is 23.8 Å². The molecular formula is C16H16N2O3S2. The lowest BCUT2D eigenvalue weighted by molar-refractivity contribution is 0.0598. The first-order valence-electron chi connectivity index (χ1n) is 7.03. The van der Waals surface area contributed by atoms with Crippen molar-refractivity contribution >= 4 is 39.3 Å². The summed E-state index contributed by atoms with van der Waals surface area (Å²) in [7, 11) is 1.36. The fraction of sp³-hybridized carbons (Fsp3) is 0.312. The zero-order chi connectivity index (χ0) is 16.6. The number of esters is 1. The molecule has 23 heavy (non-hydrogen) atoms. The van der Waals surface area contributed by atoms with Crippen molar-refractivity contribution < 1.29 is 13.9 Å². The molecule has 0 aliphatic rings. The summed E-state index contributed by atoms with van der Waals surface area (Å²) in [6.07, 6.45) is 1.50. The van der Waals surface area contributed by atoms with Gasteiger partial charge in [-0.25, -0.2) is 14.8 Å². The van der Waals surface area contributed by atoms with Gasteiger partial charge in [0, 0.05) is 10.3 Å². The molecule has 0 aromatic carbocycles. The SMILES string of the molecule is COC(=O)c1ccoc1CSc1nc(C)nc2sc(C)c(C)c12. The fourth-order valence-electron chi connectivity index (χ4n) is 2.30. The molecule has 0 N–H and O–H groups in total. The largest absolute Gasteiger partial charge is 0.468 e. The summed E-state index contributed by atoms with van der Waals surface area (Å²) in [5.41, 5.74) is 1.67. The second kappa shape index (κ2) is 6.33. The Bertz CT molecular complexity index is 883. The molecule has 0 fully saturated rings. The lowest BCUT2D eigenvalue weighted by Crippen LogP contribution is -2.02. The molecule has 3 rings (SSSR count). The van der Waals surface area contributed by atoms with Crippen molar-refractivity contribution in [1.82, 2.24) is 9.97 Å². The number of furan rings is 1. The van der Waals surface area contributed by atoms with Crippen molar-refractivity contribution in [3.63, 3.8) is 0 Å². The summed E-state index contributed by atoms with van der Waals surface area (Å²) in [4.78, 5) is 23.1. The number of ether oxygens (including phenoxy) is 1. The van der Waals surface area contributed by atoms with Crippen molar-refractivity contribution in [3.8, 4) is 0 Å². The van der Waals surface area contributed by atoms with Gasteiger partial charge in [-0.2, -0.15) is 0 Å². The number of thioether (sulfide) groups is 1. The van der Waals surface area contributed by atoms with Gasteiger partial charge in [-0.1, -0.05) is 11.8 Å². The summed E-state index contributed by atoms with van der Waals surface area (Å²) >= 11 is 3.23. The van der Waals surface area contributed by atoms with Crippen molar-refractivity contribution in [2.24, 2.45) is 0 Å². The first kappa shape index (κ1) is 16.0. The highest BCUT2D eigenvalue weighted by Crippen LogP contribution is 2.36. The van der Waals surface area contributed by atoms with Crippen LogP contribution in [0.3, 0.4) is 0 Å². The van der Waals surface area contributed by atoms with E-state index in [4.69, 9.17) is 9.15 Å². The molecule has 3 aromatic rings. The van der Waals surface area contributed by atoms with E-state index in [9.17, 15) is 4.79 Å². The van der Waals surface area contributed by atoms with Crippen molar-refractivity contribution in [3.05, 3.63) is 39.9 Å². The predicted molar refractivity (Wildman–Crippen MR) is 91.2 cm³/mol. The van der Waals surface area contributed by atoms with Crippen LogP contribution < -0.4 is 0 Å². The van der Waals surface area contributed by atoms with E-state index in [0.29, 0.717) is 17.1 Å². The molecule has 5 nitrogen and oxygen atoms in total. The Kier molecular flexibility index (Phi) is 4.41. The molecule has 0 spiro atoms. The number of methoxy groups -OCH3 is 1. The Hall–Kier alpha value is -1.86. The summed E-state index contributed by atoms with van der Waals surface area (Å²) in [6, 6.07) is 1.63. The number of hydrogen-bond donors (Lipinski definition) is 0. The summed E-state index contributed by atoms with van der Waals surface area (Å²) in [5.74, 6) is 1.46. The first-order valence-corrected chi connectivity index (χ1v) is 8.83. The van der Waals surface area contributed by atoms with Crippen LogP contribution in [0.1, 0.15) is 32.4 Å². The topological polar surface area (TPSA) is 65.2 Å². The van der Waals surface area contributed by atoms with Crippen LogP contribution in [0.4, 0.5) is 0 Å². The third-order valence-electron chi connectivity index (χ3n) is 3.60. The average Bonchev–Trinajstić information content (AvgIpc) is 3.09. The zero-order valence-electron chi connectivity index (χ0n) is 13.3. The number of fused-ring (bicyclic) bond motifs is 1. The van der Waals surface area contributed by atoms with Crippen molar-refractivity contribution in [1.29, 1.82) is 0 Å². The maximum Gasteiger partial charge on any atom is 0.341 e. The van der Waals surface area contributed by atoms with E-state index in [-0.39, 0.29) is 5.97 Å². The molecule has 0 atom stereocenters. The number of thiophene rings is 1. The first-order chi connectivity index (χ1) is 11.0. The lowest BCUT2D eigenvalue weighted by Gasteiger charge is -2.05. The Balaban J connectivity index is 1.94. The van der Waals surface area contributed by atoms with Gasteiger partial charge in [0.2, 0.25) is 0 Å². The van der Waals surface area contributed by atoms with Crippen LogP contribution >= 0.6 is 23.1 Å². The zero-order valence-corrected chi connectivity index (χ0v) is 14.9. The van der Waals surface area contributed by atoms with Gasteiger partial charge >= 0.3 is 5.97 Å². The van der Waals surface area contributed by atoms with Crippen molar-refractivity contribution in [2.45, 2.75) is 31.6 Å². The highest BCUT2D eigenvalue weighted by molar-refractivity contribution is 7.98. The molecule has 120 valence electrons. The molecule has 0 bridgehead atoms. The molecule has 0 amide bonds. The quantitative estimate of drug-likeness (QED) is 0.398. The van der Waals surface area contributed by atoms with E-state index < -0.39 is 0 Å². The summed E-state index contributed by atoms with van der Waals surface area (Å²) in [5, 5.41) is 2.01. The molecule has 0 unspecified atom stereocenters. The van der Waals surface area contributed by atoms with Gasteiger partial charge in [0.1, 0.15) is 27.0 Å². The maximum absolute atomic E-state index is 11.7. The van der Waals surface area contributed by atoms with Crippen LogP contribution in [0.25, 0.3) is 10.2 Å². The van der Waals surface area contributed by atoms with Crippen LogP contribution in [0, 0.1) is 20.8 Å². The number of rotatable bonds is 4. The Morgan fingerprint density at radius 1 is 1.35 bits per heavy atom. The lowest BCUT2D eigenvalue weighted by atomic mass is 10.2. The van der Waals surface area contributed by atoms with Crippen LogP contribution in [-0.4, -0.2) is 23.0 Å². The van der Waals surface area contributed by atoms with E-state index in [0.717, 1.165) is 21.1 Å². The molecule has 0 aliphatic carbocycles. The predicted octanol–water partition coefficient (Wildman–Crippen LogP) is 4.29. The minimum absolute atomic E-state index is 0.388. The molecule has 0 aliphatic heterocycles. The molecule has 0 saturated carbocycles. The van der Waals surface area contributed by atoms with Gasteiger partial charge in [0.05, 0.1) is 19.1 Å². The fourth-order valence-corrected chi connectivity index (χ4v) is 4.52. The average molecular weight is 348 g/mol. The number of aromatic nitrogens is 2. The molecule has 3 aromatic heterocycles. The molecule has 3 heterocycles.